The molecule has 1 N–H and O–H groups in total. The Morgan fingerprint density at radius 1 is 1.77 bits per heavy atom. The van der Waals surface area contributed by atoms with Gasteiger partial charge in [0.15, 0.2) is 0 Å². The van der Waals surface area contributed by atoms with E-state index in [1.54, 1.807) is 11.3 Å². The molecule has 1 nitrogen and oxygen atoms in total. The Bertz CT molecular complexity index is 293. The van der Waals surface area contributed by atoms with Gasteiger partial charge in [-0.05, 0) is 45.8 Å². The summed E-state index contributed by atoms with van der Waals surface area (Å²) in [5.41, 5.74) is 2.07. The van der Waals surface area contributed by atoms with Crippen molar-refractivity contribution in [1.29, 1.82) is 0 Å². The Labute approximate surface area is 91.2 Å². The summed E-state index contributed by atoms with van der Waals surface area (Å²) in [5, 5.41) is 11.7. The first-order valence-corrected chi connectivity index (χ1v) is 5.89. The van der Waals surface area contributed by atoms with Gasteiger partial charge in [-0.3, -0.25) is 0 Å². The van der Waals surface area contributed by atoms with E-state index in [0.717, 1.165) is 21.3 Å². The maximum Gasteiger partial charge on any atom is 0.0835 e. The molecule has 0 aliphatic rings. The van der Waals surface area contributed by atoms with Crippen molar-refractivity contribution in [2.45, 2.75) is 25.9 Å². The minimum Gasteiger partial charge on any atom is -0.388 e. The number of thiophene rings is 1. The zero-order chi connectivity index (χ0) is 9.84. The number of hydrogen-bond acceptors (Lipinski definition) is 2. The van der Waals surface area contributed by atoms with Crippen LogP contribution in [0.4, 0.5) is 0 Å². The molecule has 0 spiro atoms. The minimum absolute atomic E-state index is 0.394. The average molecular weight is 261 g/mol. The van der Waals surface area contributed by atoms with E-state index in [1.165, 1.54) is 0 Å². The predicted octanol–water partition coefficient (Wildman–Crippen LogP) is 3.90. The predicted molar refractivity (Wildman–Crippen MR) is 61.0 cm³/mol. The van der Waals surface area contributed by atoms with E-state index in [-0.39, 0.29) is 0 Å². The normalized spacial score (nSPS) is 12.8. The van der Waals surface area contributed by atoms with E-state index in [1.807, 2.05) is 11.4 Å². The van der Waals surface area contributed by atoms with Crippen molar-refractivity contribution in [1.82, 2.24) is 0 Å². The lowest BCUT2D eigenvalue weighted by molar-refractivity contribution is 0.178. The van der Waals surface area contributed by atoms with Crippen molar-refractivity contribution in [2.24, 2.45) is 0 Å². The van der Waals surface area contributed by atoms with Crippen LogP contribution in [-0.4, -0.2) is 5.11 Å². The molecule has 1 aromatic heterocycles. The van der Waals surface area contributed by atoms with Crippen LogP contribution in [0.3, 0.4) is 0 Å². The highest BCUT2D eigenvalue weighted by Gasteiger charge is 2.09. The van der Waals surface area contributed by atoms with Crippen molar-refractivity contribution in [3.8, 4) is 0 Å². The molecule has 13 heavy (non-hydrogen) atoms. The second-order valence-corrected chi connectivity index (χ2v) is 5.30. The van der Waals surface area contributed by atoms with Gasteiger partial charge in [0.2, 0.25) is 0 Å². The Kier molecular flexibility index (Phi) is 4.16. The van der Waals surface area contributed by atoms with Gasteiger partial charge in [0.25, 0.3) is 0 Å². The van der Waals surface area contributed by atoms with Crippen LogP contribution in [0.15, 0.2) is 27.4 Å². The van der Waals surface area contributed by atoms with Crippen molar-refractivity contribution in [3.05, 3.63) is 32.9 Å². The van der Waals surface area contributed by atoms with Gasteiger partial charge in [0.1, 0.15) is 0 Å². The third-order valence-corrected chi connectivity index (χ3v) is 3.48. The van der Waals surface area contributed by atoms with Crippen LogP contribution in [0, 0.1) is 0 Å². The van der Waals surface area contributed by atoms with E-state index in [2.05, 4.69) is 29.4 Å². The minimum atomic E-state index is -0.394. The van der Waals surface area contributed by atoms with Crippen LogP contribution in [0.2, 0.25) is 0 Å². The molecule has 1 aromatic rings. The highest BCUT2D eigenvalue weighted by atomic mass is 79.9. The van der Waals surface area contributed by atoms with Gasteiger partial charge < -0.3 is 5.11 Å². The molecule has 1 atom stereocenters. The molecular weight excluding hydrogens is 248 g/mol. The van der Waals surface area contributed by atoms with Gasteiger partial charge in [-0.2, -0.15) is 0 Å². The fourth-order valence-electron chi connectivity index (χ4n) is 1.03. The van der Waals surface area contributed by atoms with Gasteiger partial charge in [0.05, 0.1) is 9.89 Å². The number of aliphatic hydroxyl groups is 1. The first-order chi connectivity index (χ1) is 6.13. The molecule has 0 bridgehead atoms. The molecule has 0 aromatic carbocycles. The summed E-state index contributed by atoms with van der Waals surface area (Å²) in [5.74, 6) is 0. The van der Waals surface area contributed by atoms with E-state index in [4.69, 9.17) is 0 Å². The summed E-state index contributed by atoms with van der Waals surface area (Å²) in [4.78, 5) is 0. The molecule has 3 heteroatoms. The summed E-state index contributed by atoms with van der Waals surface area (Å²) in [6.07, 6.45) is 1.21. The lowest BCUT2D eigenvalue weighted by Gasteiger charge is -2.09. The first kappa shape index (κ1) is 11.0. The molecule has 72 valence electrons. The van der Waals surface area contributed by atoms with Crippen molar-refractivity contribution >= 4 is 27.3 Å². The number of halogens is 1. The highest BCUT2D eigenvalue weighted by molar-refractivity contribution is 9.11. The number of hydrogen-bond donors (Lipinski definition) is 1. The van der Waals surface area contributed by atoms with Crippen LogP contribution in [0.5, 0.6) is 0 Å². The van der Waals surface area contributed by atoms with Crippen LogP contribution in [0.25, 0.3) is 0 Å². The highest BCUT2D eigenvalue weighted by Crippen LogP contribution is 2.28. The summed E-state index contributed by atoms with van der Waals surface area (Å²) in [7, 11) is 0. The molecule has 0 aliphatic heterocycles. The fraction of sp³-hybridized carbons (Fsp3) is 0.400. The van der Waals surface area contributed by atoms with Crippen LogP contribution in [-0.2, 0) is 0 Å². The molecule has 1 heterocycles. The second kappa shape index (κ2) is 4.94. The Balaban J connectivity index is 2.58. The lowest BCUT2D eigenvalue weighted by Crippen LogP contribution is -1.96. The molecule has 0 radical (unpaired) electrons. The Morgan fingerprint density at radius 3 is 2.92 bits per heavy atom. The zero-order valence-electron chi connectivity index (χ0n) is 7.59. The monoisotopic (exact) mass is 260 g/mol. The van der Waals surface area contributed by atoms with Crippen molar-refractivity contribution < 1.29 is 5.11 Å². The second-order valence-electron chi connectivity index (χ2n) is 3.01. The maximum atomic E-state index is 9.76. The van der Waals surface area contributed by atoms with E-state index >= 15 is 0 Å². The quantitative estimate of drug-likeness (QED) is 0.815. The van der Waals surface area contributed by atoms with Gasteiger partial charge in [-0.1, -0.05) is 19.1 Å². The van der Waals surface area contributed by atoms with E-state index in [9.17, 15) is 5.11 Å². The van der Waals surface area contributed by atoms with Gasteiger partial charge in [-0.25, -0.2) is 0 Å². The van der Waals surface area contributed by atoms with Gasteiger partial charge >= 0.3 is 0 Å². The fourth-order valence-corrected chi connectivity index (χ4v) is 2.26. The van der Waals surface area contributed by atoms with E-state index < -0.39 is 6.10 Å². The van der Waals surface area contributed by atoms with E-state index in [0.29, 0.717) is 6.42 Å². The standard InChI is InChI=1S/C10H13BrOS/c1-3-7(2)4-9(12)8-5-10(11)13-6-8/h5-6,9,12H,2-4H2,1H3. The SMILES string of the molecule is C=C(CC)CC(O)c1csc(Br)c1. The largest absolute Gasteiger partial charge is 0.388 e. The average Bonchev–Trinajstić information content (AvgIpc) is 2.51. The lowest BCUT2D eigenvalue weighted by atomic mass is 10.0. The van der Waals surface area contributed by atoms with Crippen molar-refractivity contribution in [2.75, 3.05) is 0 Å². The van der Waals surface area contributed by atoms with Crippen LogP contribution >= 0.6 is 27.3 Å². The van der Waals surface area contributed by atoms with Crippen LogP contribution in [0.1, 0.15) is 31.4 Å². The number of rotatable bonds is 4. The summed E-state index contributed by atoms with van der Waals surface area (Å²) in [6, 6.07) is 1.96. The smallest absolute Gasteiger partial charge is 0.0835 e. The summed E-state index contributed by atoms with van der Waals surface area (Å²) >= 11 is 4.96. The molecule has 0 saturated carbocycles. The van der Waals surface area contributed by atoms with Crippen molar-refractivity contribution in [3.63, 3.8) is 0 Å². The van der Waals surface area contributed by atoms with Crippen LogP contribution < -0.4 is 0 Å². The third-order valence-electron chi connectivity index (χ3n) is 1.95. The van der Waals surface area contributed by atoms with Gasteiger partial charge in [0, 0.05) is 0 Å². The Hall–Kier alpha value is -0.120. The summed E-state index contributed by atoms with van der Waals surface area (Å²) < 4.78 is 1.06. The molecule has 0 aliphatic carbocycles. The zero-order valence-corrected chi connectivity index (χ0v) is 9.99. The number of aliphatic hydroxyl groups excluding tert-OH is 1. The molecule has 0 amide bonds. The molecular formula is C10H13BrOS. The third kappa shape index (κ3) is 3.25. The maximum absolute atomic E-state index is 9.76. The van der Waals surface area contributed by atoms with Gasteiger partial charge in [-0.15, -0.1) is 11.3 Å². The Morgan fingerprint density at radius 2 is 2.46 bits per heavy atom. The first-order valence-electron chi connectivity index (χ1n) is 4.22. The molecule has 0 saturated heterocycles. The molecule has 1 unspecified atom stereocenters. The molecule has 1 rings (SSSR count). The topological polar surface area (TPSA) is 20.2 Å². The summed E-state index contributed by atoms with van der Waals surface area (Å²) in [6.45, 7) is 5.93. The molecule has 0 fully saturated rings.